The van der Waals surface area contributed by atoms with Crippen LogP contribution < -0.4 is 9.80 Å². The van der Waals surface area contributed by atoms with Gasteiger partial charge in [-0.1, -0.05) is 6.42 Å². The Balaban J connectivity index is 1.28. The monoisotopic (exact) mass is 342 g/mol. The van der Waals surface area contributed by atoms with Gasteiger partial charge in [0, 0.05) is 67.2 Å². The summed E-state index contributed by atoms with van der Waals surface area (Å²) < 4.78 is 4.32. The van der Waals surface area contributed by atoms with Crippen molar-refractivity contribution in [1.82, 2.24) is 19.3 Å². The quantitative estimate of drug-likeness (QED) is 0.854. The molecular weight excluding hydrogens is 320 g/mol. The summed E-state index contributed by atoms with van der Waals surface area (Å²) in [6, 6.07) is 2.23. The highest BCUT2D eigenvalue weighted by molar-refractivity contribution is 7.09. The molecule has 0 radical (unpaired) electrons. The second-order valence-corrected chi connectivity index (χ2v) is 8.11. The first-order valence-electron chi connectivity index (χ1n) is 8.88. The minimum atomic E-state index is 0.671. The van der Waals surface area contributed by atoms with Gasteiger partial charge in [-0.05, 0) is 19.8 Å². The zero-order valence-electron chi connectivity index (χ0n) is 13.9. The molecule has 1 saturated carbocycles. The fraction of sp³-hybridized carbons (Fsp3) is 0.647. The molecule has 2 unspecified atom stereocenters. The molecule has 3 fully saturated rings. The minimum Gasteiger partial charge on any atom is -0.356 e. The molecule has 0 spiro atoms. The standard InChI is InChI=1S/C17H22N6S/c1-11-20-17(24-21-11)23-8-13-6-22(7-14(13)9-23)16-5-15(18-10-19-16)12-3-2-4-12/h5,10,12-14H,2-4,6-9H2,1H3. The lowest BCUT2D eigenvalue weighted by Gasteiger charge is -2.26. The van der Waals surface area contributed by atoms with E-state index in [4.69, 9.17) is 0 Å². The predicted molar refractivity (Wildman–Crippen MR) is 94.7 cm³/mol. The van der Waals surface area contributed by atoms with Crippen LogP contribution >= 0.6 is 11.5 Å². The third-order valence-corrected chi connectivity index (χ3v) is 6.66. The van der Waals surface area contributed by atoms with Gasteiger partial charge in [-0.15, -0.1) is 0 Å². The molecule has 24 heavy (non-hydrogen) atoms. The Labute approximate surface area is 146 Å². The Hall–Kier alpha value is -1.76. The Kier molecular flexibility index (Phi) is 3.43. The van der Waals surface area contributed by atoms with Crippen LogP contribution in [0.15, 0.2) is 12.4 Å². The lowest BCUT2D eigenvalue weighted by molar-refractivity contribution is 0.410. The first kappa shape index (κ1) is 14.6. The van der Waals surface area contributed by atoms with Crippen molar-refractivity contribution in [2.24, 2.45) is 11.8 Å². The van der Waals surface area contributed by atoms with Crippen molar-refractivity contribution < 1.29 is 0 Å². The van der Waals surface area contributed by atoms with Crippen LogP contribution in [0.3, 0.4) is 0 Å². The molecule has 7 heteroatoms. The number of rotatable bonds is 3. The molecule has 5 rings (SSSR count). The number of hydrogen-bond donors (Lipinski definition) is 0. The average Bonchev–Trinajstić information content (AvgIpc) is 3.19. The summed E-state index contributed by atoms with van der Waals surface area (Å²) in [5, 5.41) is 1.09. The molecule has 0 bridgehead atoms. The third kappa shape index (κ3) is 2.46. The van der Waals surface area contributed by atoms with Crippen LogP contribution in [-0.2, 0) is 0 Å². The highest BCUT2D eigenvalue weighted by atomic mass is 32.1. The summed E-state index contributed by atoms with van der Waals surface area (Å²) in [6.45, 7) is 6.35. The number of aromatic nitrogens is 4. The molecule has 2 atom stereocenters. The van der Waals surface area contributed by atoms with Gasteiger partial charge in [0.2, 0.25) is 5.13 Å². The molecule has 2 aromatic rings. The van der Waals surface area contributed by atoms with Gasteiger partial charge in [0.1, 0.15) is 18.0 Å². The summed E-state index contributed by atoms with van der Waals surface area (Å²) in [4.78, 5) is 18.5. The van der Waals surface area contributed by atoms with Gasteiger partial charge in [-0.3, -0.25) is 0 Å². The van der Waals surface area contributed by atoms with Gasteiger partial charge in [-0.25, -0.2) is 15.0 Å². The number of nitrogens with zero attached hydrogens (tertiary/aromatic N) is 6. The van der Waals surface area contributed by atoms with E-state index in [2.05, 4.69) is 35.2 Å². The van der Waals surface area contributed by atoms with E-state index in [0.717, 1.165) is 43.0 Å². The van der Waals surface area contributed by atoms with Crippen LogP contribution in [0.25, 0.3) is 0 Å². The summed E-state index contributed by atoms with van der Waals surface area (Å²) >= 11 is 1.53. The number of anilines is 2. The Morgan fingerprint density at radius 3 is 2.42 bits per heavy atom. The van der Waals surface area contributed by atoms with E-state index >= 15 is 0 Å². The zero-order chi connectivity index (χ0) is 16.1. The predicted octanol–water partition coefficient (Wildman–Crippen LogP) is 2.48. The Morgan fingerprint density at radius 2 is 1.79 bits per heavy atom. The number of hydrogen-bond acceptors (Lipinski definition) is 7. The van der Waals surface area contributed by atoms with Gasteiger partial charge >= 0.3 is 0 Å². The largest absolute Gasteiger partial charge is 0.356 e. The normalized spacial score (nSPS) is 26.7. The molecular formula is C17H22N6S. The van der Waals surface area contributed by atoms with Gasteiger partial charge in [0.15, 0.2) is 0 Å². The number of fused-ring (bicyclic) bond motifs is 1. The van der Waals surface area contributed by atoms with Crippen molar-refractivity contribution in [3.05, 3.63) is 23.9 Å². The van der Waals surface area contributed by atoms with Crippen LogP contribution in [0, 0.1) is 18.8 Å². The second-order valence-electron chi connectivity index (χ2n) is 7.38. The van der Waals surface area contributed by atoms with Crippen LogP contribution in [0.2, 0.25) is 0 Å². The molecule has 0 aromatic carbocycles. The number of aryl methyl sites for hydroxylation is 1. The zero-order valence-corrected chi connectivity index (χ0v) is 14.7. The van der Waals surface area contributed by atoms with E-state index in [0.29, 0.717) is 17.8 Å². The van der Waals surface area contributed by atoms with Crippen molar-refractivity contribution in [2.45, 2.75) is 32.1 Å². The molecule has 3 aliphatic rings. The maximum absolute atomic E-state index is 4.55. The van der Waals surface area contributed by atoms with Gasteiger partial charge < -0.3 is 9.80 Å². The maximum Gasteiger partial charge on any atom is 0.205 e. The topological polar surface area (TPSA) is 58.0 Å². The van der Waals surface area contributed by atoms with E-state index < -0.39 is 0 Å². The Morgan fingerprint density at radius 1 is 1.04 bits per heavy atom. The SMILES string of the molecule is Cc1nsc(N2CC3CN(c4cc(C5CCC5)ncn4)CC3C2)n1. The fourth-order valence-corrected chi connectivity index (χ4v) is 4.90. The fourth-order valence-electron chi connectivity index (χ4n) is 4.21. The maximum atomic E-state index is 4.55. The van der Waals surface area contributed by atoms with E-state index in [1.165, 1.54) is 36.5 Å². The third-order valence-electron chi connectivity index (χ3n) is 5.79. The van der Waals surface area contributed by atoms with Crippen molar-refractivity contribution >= 4 is 22.5 Å². The Bertz CT molecular complexity index is 728. The summed E-state index contributed by atoms with van der Waals surface area (Å²) in [5.41, 5.74) is 1.24. The molecule has 126 valence electrons. The first-order valence-corrected chi connectivity index (χ1v) is 9.66. The molecule has 4 heterocycles. The van der Waals surface area contributed by atoms with Crippen LogP contribution in [0.5, 0.6) is 0 Å². The molecule has 0 N–H and O–H groups in total. The van der Waals surface area contributed by atoms with Crippen molar-refractivity contribution in [3.63, 3.8) is 0 Å². The van der Waals surface area contributed by atoms with Gasteiger partial charge in [0.25, 0.3) is 0 Å². The lowest BCUT2D eigenvalue weighted by atomic mass is 9.83. The first-order chi connectivity index (χ1) is 11.8. The molecule has 2 aromatic heterocycles. The van der Waals surface area contributed by atoms with E-state index in [1.807, 2.05) is 6.92 Å². The van der Waals surface area contributed by atoms with E-state index in [-0.39, 0.29) is 0 Å². The molecule has 1 aliphatic carbocycles. The van der Waals surface area contributed by atoms with Crippen molar-refractivity contribution in [2.75, 3.05) is 36.0 Å². The average molecular weight is 342 g/mol. The van der Waals surface area contributed by atoms with Crippen LogP contribution in [-0.4, -0.2) is 45.5 Å². The molecule has 0 amide bonds. The minimum absolute atomic E-state index is 0.671. The van der Waals surface area contributed by atoms with E-state index in [1.54, 1.807) is 6.33 Å². The van der Waals surface area contributed by atoms with Crippen LogP contribution in [0.1, 0.15) is 36.7 Å². The summed E-state index contributed by atoms with van der Waals surface area (Å²) in [7, 11) is 0. The summed E-state index contributed by atoms with van der Waals surface area (Å²) in [5.74, 6) is 4.09. The molecule has 2 aliphatic heterocycles. The van der Waals surface area contributed by atoms with Crippen LogP contribution in [0.4, 0.5) is 10.9 Å². The molecule has 2 saturated heterocycles. The van der Waals surface area contributed by atoms with Crippen molar-refractivity contribution in [3.8, 4) is 0 Å². The van der Waals surface area contributed by atoms with E-state index in [9.17, 15) is 0 Å². The van der Waals surface area contributed by atoms with Gasteiger partial charge in [-0.2, -0.15) is 4.37 Å². The highest BCUT2D eigenvalue weighted by Crippen LogP contribution is 2.38. The lowest BCUT2D eigenvalue weighted by Crippen LogP contribution is -2.29. The van der Waals surface area contributed by atoms with Gasteiger partial charge in [0.05, 0.1) is 0 Å². The van der Waals surface area contributed by atoms with Crippen molar-refractivity contribution in [1.29, 1.82) is 0 Å². The highest BCUT2D eigenvalue weighted by Gasteiger charge is 2.41. The smallest absolute Gasteiger partial charge is 0.205 e. The second kappa shape index (κ2) is 5.65. The molecule has 6 nitrogen and oxygen atoms in total. The summed E-state index contributed by atoms with van der Waals surface area (Å²) in [6.07, 6.45) is 5.68.